The molecule has 18 heavy (non-hydrogen) atoms. The Morgan fingerprint density at radius 1 is 1.39 bits per heavy atom. The Bertz CT molecular complexity index is 330. The van der Waals surface area contributed by atoms with Gasteiger partial charge < -0.3 is 10.2 Å². The van der Waals surface area contributed by atoms with Crippen LogP contribution in [0.5, 0.6) is 0 Å². The summed E-state index contributed by atoms with van der Waals surface area (Å²) in [5.74, 6) is 0. The standard InChI is InChI=1S/C11H16F3NO2S/c12-11(13,14)2-3-15(6-10(17)7-16)5-9-1-4-18-8-9/h1,4,8,10,16-17H,2-3,5-7H2/t10-/m0/s1. The van der Waals surface area contributed by atoms with Crippen LogP contribution in [0.15, 0.2) is 16.8 Å². The Kier molecular flexibility index (Phi) is 6.07. The van der Waals surface area contributed by atoms with Gasteiger partial charge in [0.05, 0.1) is 19.1 Å². The number of alkyl halides is 3. The smallest absolute Gasteiger partial charge is 0.390 e. The Morgan fingerprint density at radius 3 is 2.61 bits per heavy atom. The van der Waals surface area contributed by atoms with Crippen LogP contribution in [-0.4, -0.2) is 47.1 Å². The average molecular weight is 283 g/mol. The van der Waals surface area contributed by atoms with Gasteiger partial charge in [-0.15, -0.1) is 0 Å². The highest BCUT2D eigenvalue weighted by Crippen LogP contribution is 2.20. The molecule has 1 aromatic rings. The maximum atomic E-state index is 12.2. The first-order chi connectivity index (χ1) is 8.40. The molecule has 1 aromatic heterocycles. The molecule has 0 radical (unpaired) electrons. The Balaban J connectivity index is 2.51. The third kappa shape index (κ3) is 6.34. The molecule has 0 aliphatic carbocycles. The summed E-state index contributed by atoms with van der Waals surface area (Å²) < 4.78 is 36.5. The molecule has 0 aliphatic heterocycles. The fourth-order valence-corrected chi connectivity index (χ4v) is 2.18. The van der Waals surface area contributed by atoms with E-state index in [9.17, 15) is 18.3 Å². The molecule has 1 rings (SSSR count). The summed E-state index contributed by atoms with van der Waals surface area (Å²) in [7, 11) is 0. The largest absolute Gasteiger partial charge is 0.394 e. The summed E-state index contributed by atoms with van der Waals surface area (Å²) in [6.45, 7) is -0.262. The number of hydrogen-bond acceptors (Lipinski definition) is 4. The van der Waals surface area contributed by atoms with Gasteiger partial charge in [-0.1, -0.05) is 0 Å². The molecule has 0 aromatic carbocycles. The number of hydrogen-bond donors (Lipinski definition) is 2. The monoisotopic (exact) mass is 283 g/mol. The van der Waals surface area contributed by atoms with Crippen molar-refractivity contribution < 1.29 is 23.4 Å². The van der Waals surface area contributed by atoms with E-state index in [1.54, 1.807) is 0 Å². The van der Waals surface area contributed by atoms with Crippen LogP contribution >= 0.6 is 11.3 Å². The van der Waals surface area contributed by atoms with Crippen molar-refractivity contribution in [1.82, 2.24) is 4.90 Å². The summed E-state index contributed by atoms with van der Waals surface area (Å²) in [4.78, 5) is 1.50. The number of rotatable bonds is 7. The molecule has 0 bridgehead atoms. The van der Waals surface area contributed by atoms with E-state index < -0.39 is 25.3 Å². The molecule has 7 heteroatoms. The number of aliphatic hydroxyl groups is 2. The first-order valence-electron chi connectivity index (χ1n) is 5.50. The normalized spacial score (nSPS) is 14.1. The van der Waals surface area contributed by atoms with Gasteiger partial charge in [-0.25, -0.2) is 0 Å². The summed E-state index contributed by atoms with van der Waals surface area (Å²) in [5, 5.41) is 21.8. The highest BCUT2D eigenvalue weighted by atomic mass is 32.1. The average Bonchev–Trinajstić information content (AvgIpc) is 2.77. The minimum Gasteiger partial charge on any atom is -0.394 e. The van der Waals surface area contributed by atoms with Gasteiger partial charge in [0.25, 0.3) is 0 Å². The predicted octanol–water partition coefficient (Wildman–Crippen LogP) is 1.86. The zero-order valence-corrected chi connectivity index (χ0v) is 10.5. The molecule has 0 spiro atoms. The first-order valence-corrected chi connectivity index (χ1v) is 6.44. The molecule has 0 amide bonds. The molecule has 2 N–H and O–H groups in total. The van der Waals surface area contributed by atoms with E-state index in [1.165, 1.54) is 16.2 Å². The summed E-state index contributed by atoms with van der Waals surface area (Å²) in [5.41, 5.74) is 0.910. The van der Waals surface area contributed by atoms with E-state index in [4.69, 9.17) is 5.11 Å². The summed E-state index contributed by atoms with van der Waals surface area (Å²) in [6, 6.07) is 1.83. The van der Waals surface area contributed by atoms with Gasteiger partial charge >= 0.3 is 6.18 Å². The minimum atomic E-state index is -4.21. The minimum absolute atomic E-state index is 0.0302. The Hall–Kier alpha value is -0.630. The van der Waals surface area contributed by atoms with Crippen molar-refractivity contribution in [1.29, 1.82) is 0 Å². The fraction of sp³-hybridized carbons (Fsp3) is 0.636. The van der Waals surface area contributed by atoms with Crippen LogP contribution in [0.1, 0.15) is 12.0 Å². The van der Waals surface area contributed by atoms with E-state index in [-0.39, 0.29) is 13.1 Å². The van der Waals surface area contributed by atoms with Crippen LogP contribution in [0, 0.1) is 0 Å². The second-order valence-corrected chi connectivity index (χ2v) is 4.85. The molecule has 1 atom stereocenters. The molecular weight excluding hydrogens is 267 g/mol. The molecule has 0 unspecified atom stereocenters. The van der Waals surface area contributed by atoms with Crippen molar-refractivity contribution in [3.63, 3.8) is 0 Å². The topological polar surface area (TPSA) is 43.7 Å². The van der Waals surface area contributed by atoms with Crippen LogP contribution in [0.25, 0.3) is 0 Å². The van der Waals surface area contributed by atoms with Gasteiger partial charge in [0.15, 0.2) is 0 Å². The Labute approximate surface area is 107 Å². The highest BCUT2D eigenvalue weighted by Gasteiger charge is 2.28. The van der Waals surface area contributed by atoms with Crippen LogP contribution in [-0.2, 0) is 6.54 Å². The molecule has 3 nitrogen and oxygen atoms in total. The molecule has 104 valence electrons. The van der Waals surface area contributed by atoms with Crippen molar-refractivity contribution in [3.8, 4) is 0 Å². The maximum absolute atomic E-state index is 12.2. The lowest BCUT2D eigenvalue weighted by Gasteiger charge is -2.24. The number of halogens is 3. The molecule has 1 heterocycles. The van der Waals surface area contributed by atoms with Crippen LogP contribution < -0.4 is 0 Å². The van der Waals surface area contributed by atoms with E-state index in [0.717, 1.165) is 5.56 Å². The van der Waals surface area contributed by atoms with E-state index in [1.807, 2.05) is 16.8 Å². The van der Waals surface area contributed by atoms with Crippen LogP contribution in [0.3, 0.4) is 0 Å². The molecule has 0 fully saturated rings. The van der Waals surface area contributed by atoms with Crippen molar-refractivity contribution in [2.75, 3.05) is 19.7 Å². The molecular formula is C11H16F3NO2S. The summed E-state index contributed by atoms with van der Waals surface area (Å²) >= 11 is 1.47. The number of nitrogens with zero attached hydrogens (tertiary/aromatic N) is 1. The number of thiophene rings is 1. The van der Waals surface area contributed by atoms with Crippen LogP contribution in [0.2, 0.25) is 0 Å². The zero-order valence-electron chi connectivity index (χ0n) is 9.73. The molecule has 0 saturated heterocycles. The second kappa shape index (κ2) is 7.08. The lowest BCUT2D eigenvalue weighted by molar-refractivity contribution is -0.139. The highest BCUT2D eigenvalue weighted by molar-refractivity contribution is 7.07. The van der Waals surface area contributed by atoms with Gasteiger partial charge in [0.1, 0.15) is 0 Å². The first kappa shape index (κ1) is 15.4. The third-order valence-electron chi connectivity index (χ3n) is 2.38. The van der Waals surface area contributed by atoms with E-state index in [0.29, 0.717) is 6.54 Å². The third-order valence-corrected chi connectivity index (χ3v) is 3.11. The van der Waals surface area contributed by atoms with Gasteiger partial charge in [-0.3, -0.25) is 4.90 Å². The quantitative estimate of drug-likeness (QED) is 0.802. The van der Waals surface area contributed by atoms with Gasteiger partial charge in [-0.05, 0) is 22.4 Å². The maximum Gasteiger partial charge on any atom is 0.390 e. The zero-order chi connectivity index (χ0) is 13.6. The predicted molar refractivity (Wildman–Crippen MR) is 63.4 cm³/mol. The molecule has 0 saturated carbocycles. The van der Waals surface area contributed by atoms with Crippen molar-refractivity contribution in [2.24, 2.45) is 0 Å². The van der Waals surface area contributed by atoms with Gasteiger partial charge in [-0.2, -0.15) is 24.5 Å². The Morgan fingerprint density at radius 2 is 2.11 bits per heavy atom. The van der Waals surface area contributed by atoms with Gasteiger partial charge in [0, 0.05) is 19.6 Å². The van der Waals surface area contributed by atoms with Crippen molar-refractivity contribution >= 4 is 11.3 Å². The van der Waals surface area contributed by atoms with Crippen LogP contribution in [0.4, 0.5) is 13.2 Å². The summed E-state index contributed by atoms with van der Waals surface area (Å²) in [6.07, 6.45) is -6.15. The number of aliphatic hydroxyl groups excluding tert-OH is 2. The van der Waals surface area contributed by atoms with Crippen molar-refractivity contribution in [2.45, 2.75) is 25.2 Å². The lowest BCUT2D eigenvalue weighted by Crippen LogP contribution is -2.36. The molecule has 0 aliphatic rings. The van der Waals surface area contributed by atoms with Crippen molar-refractivity contribution in [3.05, 3.63) is 22.4 Å². The van der Waals surface area contributed by atoms with E-state index in [2.05, 4.69) is 0 Å². The van der Waals surface area contributed by atoms with E-state index >= 15 is 0 Å². The van der Waals surface area contributed by atoms with Gasteiger partial charge in [0.2, 0.25) is 0 Å². The fourth-order valence-electron chi connectivity index (χ4n) is 1.52. The lowest BCUT2D eigenvalue weighted by atomic mass is 10.2. The SMILES string of the molecule is OC[C@@H](O)CN(CCC(F)(F)F)Cc1ccsc1. The second-order valence-electron chi connectivity index (χ2n) is 4.07.